The zero-order chi connectivity index (χ0) is 12.2. The highest BCUT2D eigenvalue weighted by Crippen LogP contribution is 2.31. The molecule has 0 spiro atoms. The van der Waals surface area contributed by atoms with E-state index in [-0.39, 0.29) is 6.42 Å². The number of Topliss-reactive ketones (excluding diaryl/α,β-unsaturated/α-hetero) is 2. The Morgan fingerprint density at radius 2 is 1.67 bits per heavy atom. The van der Waals surface area contributed by atoms with Crippen molar-refractivity contribution >= 4 is 34.2 Å². The summed E-state index contributed by atoms with van der Waals surface area (Å²) in [6.45, 7) is 2.39. The summed E-state index contributed by atoms with van der Waals surface area (Å²) < 4.78 is 35.4. The first-order chi connectivity index (χ1) is 6.66. The second-order valence-electron chi connectivity index (χ2n) is 3.06. The molecule has 0 radical (unpaired) electrons. The van der Waals surface area contributed by atoms with E-state index >= 15 is 0 Å². The zero-order valence-electron chi connectivity index (χ0n) is 8.19. The van der Waals surface area contributed by atoms with Crippen molar-refractivity contribution in [2.45, 2.75) is 26.4 Å². The quantitative estimate of drug-likeness (QED) is 0.585. The summed E-state index contributed by atoms with van der Waals surface area (Å²) in [5.74, 6) is -1.78. The Labute approximate surface area is 99.1 Å². The minimum Gasteiger partial charge on any atom is -0.299 e. The van der Waals surface area contributed by atoms with Crippen LogP contribution >= 0.6 is 22.6 Å². The first-order valence-electron chi connectivity index (χ1n) is 4.10. The van der Waals surface area contributed by atoms with Gasteiger partial charge in [0.1, 0.15) is 11.6 Å². The number of hydrogen-bond donors (Lipinski definition) is 0. The van der Waals surface area contributed by atoms with Gasteiger partial charge in [-0.15, -0.1) is 0 Å². The van der Waals surface area contributed by atoms with Crippen molar-refractivity contribution in [2.24, 2.45) is 5.92 Å². The highest BCUT2D eigenvalue weighted by molar-refractivity contribution is 14.1. The predicted octanol–water partition coefficient (Wildman–Crippen LogP) is 3.05. The lowest BCUT2D eigenvalue weighted by Gasteiger charge is -2.08. The molecule has 0 aliphatic carbocycles. The van der Waals surface area contributed by atoms with Crippen LogP contribution in [0.25, 0.3) is 0 Å². The van der Waals surface area contributed by atoms with Crippen molar-refractivity contribution in [1.82, 2.24) is 0 Å². The molecule has 0 aromatic heterocycles. The summed E-state index contributed by atoms with van der Waals surface area (Å²) >= 11 is 1.14. The van der Waals surface area contributed by atoms with Crippen molar-refractivity contribution in [2.75, 3.05) is 0 Å². The number of ketones is 2. The van der Waals surface area contributed by atoms with E-state index in [4.69, 9.17) is 0 Å². The van der Waals surface area contributed by atoms with Crippen LogP contribution in [0.2, 0.25) is 0 Å². The fourth-order valence-corrected chi connectivity index (χ4v) is 1.21. The lowest BCUT2D eigenvalue weighted by molar-refractivity contribution is -0.130. The maximum absolute atomic E-state index is 12.1. The van der Waals surface area contributed by atoms with Gasteiger partial charge < -0.3 is 0 Å². The molecule has 0 fully saturated rings. The van der Waals surface area contributed by atoms with Gasteiger partial charge in [-0.05, 0) is 42.9 Å². The van der Waals surface area contributed by atoms with Crippen LogP contribution in [-0.2, 0) is 9.59 Å². The lowest BCUT2D eigenvalue weighted by atomic mass is 9.97. The van der Waals surface area contributed by atoms with E-state index in [1.165, 1.54) is 13.8 Å². The highest BCUT2D eigenvalue weighted by Gasteiger charge is 2.32. The van der Waals surface area contributed by atoms with E-state index in [0.29, 0.717) is 0 Å². The minimum atomic E-state index is -4.40. The molecule has 0 aliphatic rings. The maximum Gasteiger partial charge on any atom is 0.421 e. The third-order valence-corrected chi connectivity index (χ3v) is 2.84. The molecule has 0 aliphatic heterocycles. The zero-order valence-corrected chi connectivity index (χ0v) is 10.3. The third kappa shape index (κ3) is 5.29. The van der Waals surface area contributed by atoms with Gasteiger partial charge in [-0.2, -0.15) is 13.2 Å². The summed E-state index contributed by atoms with van der Waals surface area (Å²) in [6, 6.07) is 0. The molecule has 0 bridgehead atoms. The van der Waals surface area contributed by atoms with Gasteiger partial charge in [0.15, 0.2) is 0 Å². The predicted molar refractivity (Wildman–Crippen MR) is 57.6 cm³/mol. The third-order valence-electron chi connectivity index (χ3n) is 1.79. The number of carbonyl (C=O) groups excluding carboxylic acids is 2. The summed E-state index contributed by atoms with van der Waals surface area (Å²) in [6.07, 6.45) is -3.73. The van der Waals surface area contributed by atoms with E-state index in [1.807, 2.05) is 0 Å². The molecule has 0 heterocycles. The second kappa shape index (κ2) is 5.62. The number of hydrogen-bond acceptors (Lipinski definition) is 2. The van der Waals surface area contributed by atoms with Crippen LogP contribution in [0.1, 0.15) is 20.3 Å². The highest BCUT2D eigenvalue weighted by atomic mass is 127. The Hall–Kier alpha value is -0.400. The van der Waals surface area contributed by atoms with Gasteiger partial charge in [0.05, 0.1) is 9.50 Å². The number of carbonyl (C=O) groups is 2. The molecule has 0 atom stereocenters. The Morgan fingerprint density at radius 1 is 1.27 bits per heavy atom. The van der Waals surface area contributed by atoms with Crippen molar-refractivity contribution in [3.63, 3.8) is 0 Å². The van der Waals surface area contributed by atoms with Gasteiger partial charge in [0.2, 0.25) is 0 Å². The summed E-state index contributed by atoms with van der Waals surface area (Å²) in [5.41, 5.74) is 0. The fourth-order valence-electron chi connectivity index (χ4n) is 0.955. The van der Waals surface area contributed by atoms with Gasteiger partial charge in [-0.3, -0.25) is 9.59 Å². The topological polar surface area (TPSA) is 34.1 Å². The second-order valence-corrected chi connectivity index (χ2v) is 4.22. The molecule has 0 aromatic carbocycles. The molecule has 0 unspecified atom stereocenters. The Bertz CT molecular complexity index is 280. The smallest absolute Gasteiger partial charge is 0.299 e. The van der Waals surface area contributed by atoms with E-state index in [2.05, 4.69) is 0 Å². The molecule has 0 rings (SSSR count). The van der Waals surface area contributed by atoms with Gasteiger partial charge in [0.25, 0.3) is 0 Å². The molecule has 2 nitrogen and oxygen atoms in total. The van der Waals surface area contributed by atoms with Crippen LogP contribution < -0.4 is 0 Å². The standard InChI is InChI=1S/C9H10F3IO2/c1-5(14)7(6(2)15)3-4-8(13)9(10,11)12/h4,7H,3H2,1-2H3/b8-4-. The van der Waals surface area contributed by atoms with E-state index in [9.17, 15) is 22.8 Å². The fraction of sp³-hybridized carbons (Fsp3) is 0.556. The Balaban J connectivity index is 4.60. The molecule has 6 heteroatoms. The van der Waals surface area contributed by atoms with Crippen molar-refractivity contribution in [1.29, 1.82) is 0 Å². The Morgan fingerprint density at radius 3 is 1.93 bits per heavy atom. The first-order valence-corrected chi connectivity index (χ1v) is 5.18. The normalized spacial score (nSPS) is 13.1. The molecule has 86 valence electrons. The number of alkyl halides is 3. The largest absolute Gasteiger partial charge is 0.421 e. The van der Waals surface area contributed by atoms with Crippen LogP contribution in [0.3, 0.4) is 0 Å². The lowest BCUT2D eigenvalue weighted by Crippen LogP contribution is -2.19. The molecule has 15 heavy (non-hydrogen) atoms. The van der Waals surface area contributed by atoms with Crippen LogP contribution in [0.4, 0.5) is 13.2 Å². The number of allylic oxidation sites excluding steroid dienone is 2. The monoisotopic (exact) mass is 334 g/mol. The van der Waals surface area contributed by atoms with E-state index < -0.39 is 27.2 Å². The summed E-state index contributed by atoms with van der Waals surface area (Å²) in [4.78, 5) is 21.8. The summed E-state index contributed by atoms with van der Waals surface area (Å²) in [5, 5.41) is 0. The number of rotatable bonds is 4. The van der Waals surface area contributed by atoms with Crippen LogP contribution in [-0.4, -0.2) is 17.7 Å². The summed E-state index contributed by atoms with van der Waals surface area (Å²) in [7, 11) is 0. The molecule has 0 N–H and O–H groups in total. The minimum absolute atomic E-state index is 0.192. The average Bonchev–Trinajstić information content (AvgIpc) is 2.00. The van der Waals surface area contributed by atoms with Gasteiger partial charge >= 0.3 is 6.18 Å². The Kier molecular flexibility index (Phi) is 5.47. The molecule has 0 amide bonds. The first kappa shape index (κ1) is 14.6. The van der Waals surface area contributed by atoms with Crippen LogP contribution in [0.15, 0.2) is 9.66 Å². The maximum atomic E-state index is 12.1. The van der Waals surface area contributed by atoms with Crippen LogP contribution in [0.5, 0.6) is 0 Å². The van der Waals surface area contributed by atoms with Crippen molar-refractivity contribution < 1.29 is 22.8 Å². The van der Waals surface area contributed by atoms with Crippen LogP contribution in [0, 0.1) is 5.92 Å². The molecular weight excluding hydrogens is 324 g/mol. The average molecular weight is 334 g/mol. The molecular formula is C9H10F3IO2. The molecule has 0 saturated carbocycles. The number of halogens is 4. The SMILES string of the molecule is CC(=O)C(C/C=C(\I)C(F)(F)F)C(C)=O. The van der Waals surface area contributed by atoms with Gasteiger partial charge in [-0.1, -0.05) is 6.08 Å². The van der Waals surface area contributed by atoms with Crippen molar-refractivity contribution in [3.8, 4) is 0 Å². The molecule has 0 saturated heterocycles. The van der Waals surface area contributed by atoms with Crippen molar-refractivity contribution in [3.05, 3.63) is 9.66 Å². The van der Waals surface area contributed by atoms with Gasteiger partial charge in [-0.25, -0.2) is 0 Å². The molecule has 0 aromatic rings. The van der Waals surface area contributed by atoms with E-state index in [1.54, 1.807) is 0 Å². The van der Waals surface area contributed by atoms with Gasteiger partial charge in [0, 0.05) is 0 Å². The van der Waals surface area contributed by atoms with E-state index in [0.717, 1.165) is 28.7 Å².